The largest absolute Gasteiger partial charge is 0.480 e. The van der Waals surface area contributed by atoms with E-state index >= 15 is 0 Å². The Kier molecular flexibility index (Phi) is 3.41. The van der Waals surface area contributed by atoms with E-state index in [0.29, 0.717) is 0 Å². The second-order valence-electron chi connectivity index (χ2n) is 1.68. The minimum atomic E-state index is -1.12. The molecule has 0 saturated heterocycles. The third kappa shape index (κ3) is 4.11. The molecule has 54 valence electrons. The van der Waals surface area contributed by atoms with Gasteiger partial charge < -0.3 is 10.8 Å². The number of aliphatic carboxylic acids is 1. The van der Waals surface area contributed by atoms with Crippen LogP contribution in [0.3, 0.4) is 0 Å². The smallest absolute Gasteiger partial charge is 0.321 e. The molecule has 0 aromatic rings. The van der Waals surface area contributed by atoms with E-state index in [1.165, 1.54) is 6.26 Å². The van der Waals surface area contributed by atoms with Crippen LogP contribution < -0.4 is 5.73 Å². The van der Waals surface area contributed by atoms with E-state index in [-0.39, 0.29) is 5.75 Å². The van der Waals surface area contributed by atoms with Crippen LogP contribution in [0.1, 0.15) is 0 Å². The summed E-state index contributed by atoms with van der Waals surface area (Å²) in [5.74, 6) is -1.08. The Morgan fingerprint density at radius 2 is 2.33 bits per heavy atom. The van der Waals surface area contributed by atoms with E-state index in [4.69, 9.17) is 10.8 Å². The van der Waals surface area contributed by atoms with Gasteiger partial charge in [0.05, 0.1) is 0 Å². The van der Waals surface area contributed by atoms with Crippen LogP contribution in [-0.2, 0) is 15.6 Å². The summed E-state index contributed by atoms with van der Waals surface area (Å²) >= 11 is 0. The molecule has 0 fully saturated rings. The van der Waals surface area contributed by atoms with Gasteiger partial charge in [0.25, 0.3) is 0 Å². The summed E-state index contributed by atoms with van der Waals surface area (Å²) in [6.45, 7) is 0. The average Bonchev–Trinajstić information content (AvgIpc) is 1.63. The highest BCUT2D eigenvalue weighted by Gasteiger charge is 2.11. The van der Waals surface area contributed by atoms with Gasteiger partial charge in [0.2, 0.25) is 0 Å². The summed E-state index contributed by atoms with van der Waals surface area (Å²) in [6.07, 6.45) is 1.42. The first kappa shape index (κ1) is 8.58. The molecule has 0 aromatic heterocycles. The molecule has 0 aliphatic heterocycles. The van der Waals surface area contributed by atoms with Gasteiger partial charge in [-0.15, -0.1) is 0 Å². The zero-order valence-corrected chi connectivity index (χ0v) is 5.85. The Bertz CT molecular complexity index is 136. The second-order valence-corrected chi connectivity index (χ2v) is 3.16. The van der Waals surface area contributed by atoms with E-state index < -0.39 is 22.8 Å². The van der Waals surface area contributed by atoms with Crippen molar-refractivity contribution in [1.82, 2.24) is 0 Å². The summed E-state index contributed by atoms with van der Waals surface area (Å²) in [5, 5.41) is 8.17. The molecule has 0 saturated carbocycles. The highest BCUT2D eigenvalue weighted by Crippen LogP contribution is 1.81. The molecule has 4 nitrogen and oxygen atoms in total. The fraction of sp³-hybridized carbons (Fsp3) is 0.750. The van der Waals surface area contributed by atoms with Crippen molar-refractivity contribution in [1.29, 1.82) is 0 Å². The van der Waals surface area contributed by atoms with E-state index in [2.05, 4.69) is 0 Å². The van der Waals surface area contributed by atoms with Gasteiger partial charge in [-0.2, -0.15) is 0 Å². The van der Waals surface area contributed by atoms with Crippen molar-refractivity contribution < 1.29 is 14.1 Å². The standard InChI is InChI=1S/C4H9NO3S/c1-9(8)2-3(5)4(6)7/h3H,2,5H2,1H3,(H,6,7)/t3-,9-/m0/s1. The normalized spacial score (nSPS) is 16.7. The van der Waals surface area contributed by atoms with Crippen LogP contribution in [0, 0.1) is 0 Å². The molecule has 5 heteroatoms. The Hall–Kier alpha value is -0.420. The Morgan fingerprint density at radius 1 is 1.89 bits per heavy atom. The molecular weight excluding hydrogens is 142 g/mol. The van der Waals surface area contributed by atoms with Crippen molar-refractivity contribution in [3.05, 3.63) is 0 Å². The highest BCUT2D eigenvalue weighted by molar-refractivity contribution is 7.84. The van der Waals surface area contributed by atoms with Crippen LogP contribution in [0.25, 0.3) is 0 Å². The number of hydrogen-bond acceptors (Lipinski definition) is 3. The number of nitrogens with two attached hydrogens (primary N) is 1. The molecule has 0 spiro atoms. The number of hydrogen-bond donors (Lipinski definition) is 2. The lowest BCUT2D eigenvalue weighted by Gasteiger charge is -2.00. The van der Waals surface area contributed by atoms with Crippen molar-refractivity contribution in [2.75, 3.05) is 12.0 Å². The molecule has 0 heterocycles. The fourth-order valence-corrected chi connectivity index (χ4v) is 0.972. The molecule has 9 heavy (non-hydrogen) atoms. The lowest BCUT2D eigenvalue weighted by Crippen LogP contribution is -2.35. The molecule has 0 aliphatic rings. The van der Waals surface area contributed by atoms with Gasteiger partial charge in [0, 0.05) is 22.8 Å². The highest BCUT2D eigenvalue weighted by atomic mass is 32.2. The van der Waals surface area contributed by atoms with Crippen molar-refractivity contribution in [3.8, 4) is 0 Å². The molecule has 0 rings (SSSR count). The number of carboxylic acid groups (broad SMARTS) is 1. The molecule has 0 amide bonds. The Labute approximate surface area is 55.5 Å². The average molecular weight is 151 g/mol. The van der Waals surface area contributed by atoms with E-state index in [1.54, 1.807) is 0 Å². The minimum absolute atomic E-state index is 0.0231. The van der Waals surface area contributed by atoms with Gasteiger partial charge >= 0.3 is 5.97 Å². The number of carbonyl (C=O) groups is 1. The molecule has 0 aliphatic carbocycles. The first-order valence-electron chi connectivity index (χ1n) is 2.32. The predicted octanol–water partition coefficient (Wildman–Crippen LogP) is -1.22. The van der Waals surface area contributed by atoms with E-state index in [0.717, 1.165) is 0 Å². The van der Waals surface area contributed by atoms with Crippen LogP contribution in [0.5, 0.6) is 0 Å². The van der Waals surface area contributed by atoms with Gasteiger partial charge in [-0.25, -0.2) is 0 Å². The predicted molar refractivity (Wildman–Crippen MR) is 34.5 cm³/mol. The quantitative estimate of drug-likeness (QED) is 0.529. The summed E-state index contributed by atoms with van der Waals surface area (Å²) in [6, 6.07) is -0.990. The van der Waals surface area contributed by atoms with Crippen molar-refractivity contribution in [2.24, 2.45) is 5.73 Å². The fourth-order valence-electron chi connectivity index (χ4n) is 0.324. The first-order valence-corrected chi connectivity index (χ1v) is 4.05. The molecule has 0 unspecified atom stereocenters. The van der Waals surface area contributed by atoms with Crippen molar-refractivity contribution >= 4 is 16.8 Å². The molecule has 0 radical (unpaired) electrons. The summed E-state index contributed by atoms with van der Waals surface area (Å²) in [5.41, 5.74) is 5.02. The summed E-state index contributed by atoms with van der Waals surface area (Å²) in [4.78, 5) is 9.98. The topological polar surface area (TPSA) is 80.4 Å². The molecule has 3 N–H and O–H groups in total. The van der Waals surface area contributed by atoms with E-state index in [1.807, 2.05) is 0 Å². The van der Waals surface area contributed by atoms with Gasteiger partial charge in [-0.05, 0) is 0 Å². The zero-order valence-electron chi connectivity index (χ0n) is 5.03. The van der Waals surface area contributed by atoms with Gasteiger partial charge in [0.1, 0.15) is 6.04 Å². The summed E-state index contributed by atoms with van der Waals surface area (Å²) < 4.78 is 10.3. The molecule has 0 bridgehead atoms. The third-order valence-corrected chi connectivity index (χ3v) is 1.56. The first-order chi connectivity index (χ1) is 4.04. The molecule has 2 atom stereocenters. The lowest BCUT2D eigenvalue weighted by molar-refractivity contribution is -0.137. The van der Waals surface area contributed by atoms with Crippen molar-refractivity contribution in [3.63, 3.8) is 0 Å². The van der Waals surface area contributed by atoms with E-state index in [9.17, 15) is 9.00 Å². The van der Waals surface area contributed by atoms with Gasteiger partial charge in [0.15, 0.2) is 0 Å². The van der Waals surface area contributed by atoms with Crippen LogP contribution >= 0.6 is 0 Å². The van der Waals surface area contributed by atoms with Crippen LogP contribution in [0.15, 0.2) is 0 Å². The van der Waals surface area contributed by atoms with Gasteiger partial charge in [-0.3, -0.25) is 9.00 Å². The lowest BCUT2D eigenvalue weighted by atomic mass is 10.4. The third-order valence-electron chi connectivity index (χ3n) is 0.731. The summed E-state index contributed by atoms with van der Waals surface area (Å²) in [7, 11) is -1.12. The maximum atomic E-state index is 10.3. The van der Waals surface area contributed by atoms with Crippen molar-refractivity contribution in [2.45, 2.75) is 6.04 Å². The monoisotopic (exact) mass is 151 g/mol. The number of rotatable bonds is 3. The maximum absolute atomic E-state index is 10.3. The van der Waals surface area contributed by atoms with Crippen LogP contribution in [0.4, 0.5) is 0 Å². The maximum Gasteiger partial charge on any atom is 0.321 e. The Morgan fingerprint density at radius 3 is 2.44 bits per heavy atom. The second kappa shape index (κ2) is 3.58. The SMILES string of the molecule is C[S@](=O)C[C@H](N)C(=O)O. The zero-order chi connectivity index (χ0) is 7.44. The number of carboxylic acids is 1. The Balaban J connectivity index is 3.63. The minimum Gasteiger partial charge on any atom is -0.480 e. The van der Waals surface area contributed by atoms with Crippen LogP contribution in [-0.4, -0.2) is 33.3 Å². The van der Waals surface area contributed by atoms with Crippen LogP contribution in [0.2, 0.25) is 0 Å². The molecule has 0 aromatic carbocycles. The van der Waals surface area contributed by atoms with Gasteiger partial charge in [-0.1, -0.05) is 0 Å². The molecular formula is C4H9NO3S.